The molecule has 0 bridgehead atoms. The molecule has 0 amide bonds. The summed E-state index contributed by atoms with van der Waals surface area (Å²) in [4.78, 5) is 41.8. The molecule has 3 aromatic rings. The number of aromatic amines is 1. The van der Waals surface area contributed by atoms with Crippen molar-refractivity contribution in [3.63, 3.8) is 0 Å². The molecule has 1 N–H and O–H groups in total. The van der Waals surface area contributed by atoms with Crippen LogP contribution in [0.1, 0.15) is 32.0 Å². The van der Waals surface area contributed by atoms with E-state index in [-0.39, 0.29) is 24.7 Å². The minimum atomic E-state index is -2.00. The van der Waals surface area contributed by atoms with Crippen LogP contribution in [0.4, 0.5) is 0 Å². The average Bonchev–Trinajstić information content (AvgIpc) is 3.08. The van der Waals surface area contributed by atoms with Crippen molar-refractivity contribution in [3.8, 4) is 5.75 Å². The van der Waals surface area contributed by atoms with Crippen LogP contribution >= 0.6 is 0 Å². The number of hydrogen-bond acceptors (Lipinski definition) is 6. The molecule has 156 valence electrons. The zero-order chi connectivity index (χ0) is 21.7. The van der Waals surface area contributed by atoms with Gasteiger partial charge in [0.25, 0.3) is 0 Å². The molecule has 0 radical (unpaired) electrons. The number of carbonyl (C=O) groups excluding carboxylic acids is 3. The van der Waals surface area contributed by atoms with E-state index >= 15 is 0 Å². The first-order valence-corrected chi connectivity index (χ1v) is 9.66. The van der Waals surface area contributed by atoms with Gasteiger partial charge < -0.3 is 19.2 Å². The van der Waals surface area contributed by atoms with E-state index in [1.54, 1.807) is 68.4 Å². The van der Waals surface area contributed by atoms with Crippen molar-refractivity contribution in [2.45, 2.75) is 26.2 Å². The zero-order valence-electron chi connectivity index (χ0n) is 17.1. The molecule has 2 aromatic carbocycles. The molecule has 0 aliphatic carbocycles. The Labute approximate surface area is 173 Å². The quantitative estimate of drug-likeness (QED) is 0.474. The monoisotopic (exact) mass is 409 g/mol. The number of carbonyl (C=O) groups is 3. The molecule has 0 atom stereocenters. The van der Waals surface area contributed by atoms with Gasteiger partial charge in [-0.1, -0.05) is 42.5 Å². The largest absolute Gasteiger partial charge is 0.465 e. The highest BCUT2D eigenvalue weighted by molar-refractivity contribution is 6.12. The Morgan fingerprint density at radius 1 is 0.867 bits per heavy atom. The van der Waals surface area contributed by atoms with E-state index in [1.807, 2.05) is 0 Å². The van der Waals surface area contributed by atoms with E-state index in [0.29, 0.717) is 16.5 Å². The van der Waals surface area contributed by atoms with Gasteiger partial charge >= 0.3 is 17.9 Å². The van der Waals surface area contributed by atoms with E-state index in [4.69, 9.17) is 14.2 Å². The number of aromatic nitrogens is 1. The van der Waals surface area contributed by atoms with Gasteiger partial charge in [-0.05, 0) is 31.5 Å². The number of esters is 3. The molecule has 1 heterocycles. The molecule has 0 saturated carbocycles. The minimum Gasteiger partial charge on any atom is -0.465 e. The van der Waals surface area contributed by atoms with Crippen LogP contribution in [0.3, 0.4) is 0 Å². The highest BCUT2D eigenvalue weighted by atomic mass is 16.6. The molecule has 0 fully saturated rings. The first-order valence-electron chi connectivity index (χ1n) is 9.66. The molecule has 0 unspecified atom stereocenters. The normalized spacial score (nSPS) is 11.2. The van der Waals surface area contributed by atoms with Crippen molar-refractivity contribution < 1.29 is 28.6 Å². The Balaban J connectivity index is 2.44. The number of nitrogens with one attached hydrogen (secondary N) is 1. The zero-order valence-corrected chi connectivity index (χ0v) is 17.1. The van der Waals surface area contributed by atoms with Crippen LogP contribution in [-0.2, 0) is 29.3 Å². The average molecular weight is 409 g/mol. The summed E-state index contributed by atoms with van der Waals surface area (Å²) in [5.41, 5.74) is -0.988. The fourth-order valence-corrected chi connectivity index (χ4v) is 3.46. The number of hydrogen-bond donors (Lipinski definition) is 1. The van der Waals surface area contributed by atoms with Crippen molar-refractivity contribution in [1.82, 2.24) is 4.98 Å². The predicted octanol–water partition coefficient (Wildman–Crippen LogP) is 3.51. The molecule has 0 aliphatic heterocycles. The SMILES string of the molecule is CCOC(=O)C(C(=O)OCC)(c1ccccc1)c1[nH]c2ccccc2c1OC(C)=O. The van der Waals surface area contributed by atoms with Crippen LogP contribution in [0.5, 0.6) is 5.75 Å². The Kier molecular flexibility index (Phi) is 6.20. The maximum atomic E-state index is 13.4. The van der Waals surface area contributed by atoms with Gasteiger partial charge in [-0.2, -0.15) is 0 Å². The second kappa shape index (κ2) is 8.82. The highest BCUT2D eigenvalue weighted by Crippen LogP contribution is 2.43. The molecule has 1 aromatic heterocycles. The Hall–Kier alpha value is -3.61. The molecule has 0 spiro atoms. The third-order valence-corrected chi connectivity index (χ3v) is 4.65. The van der Waals surface area contributed by atoms with Crippen LogP contribution in [-0.4, -0.2) is 36.1 Å². The second-order valence-corrected chi connectivity index (χ2v) is 6.53. The van der Waals surface area contributed by atoms with Crippen molar-refractivity contribution >= 4 is 28.8 Å². The molecular weight excluding hydrogens is 386 g/mol. The van der Waals surface area contributed by atoms with E-state index in [9.17, 15) is 14.4 Å². The third-order valence-electron chi connectivity index (χ3n) is 4.65. The van der Waals surface area contributed by atoms with Gasteiger partial charge in [-0.15, -0.1) is 0 Å². The second-order valence-electron chi connectivity index (χ2n) is 6.53. The van der Waals surface area contributed by atoms with Gasteiger partial charge in [0.15, 0.2) is 5.75 Å². The molecular formula is C23H23NO6. The molecule has 3 rings (SSSR count). The maximum Gasteiger partial charge on any atom is 0.334 e. The van der Waals surface area contributed by atoms with E-state index in [1.165, 1.54) is 6.92 Å². The summed E-state index contributed by atoms with van der Waals surface area (Å²) in [6.07, 6.45) is 0. The Morgan fingerprint density at radius 2 is 1.43 bits per heavy atom. The summed E-state index contributed by atoms with van der Waals surface area (Å²) < 4.78 is 16.2. The van der Waals surface area contributed by atoms with E-state index < -0.39 is 23.3 Å². The summed E-state index contributed by atoms with van der Waals surface area (Å²) in [5.74, 6) is -2.15. The lowest BCUT2D eigenvalue weighted by Gasteiger charge is -2.29. The van der Waals surface area contributed by atoms with Crippen LogP contribution in [0.2, 0.25) is 0 Å². The Bertz CT molecular complexity index is 1050. The van der Waals surface area contributed by atoms with Crippen molar-refractivity contribution in [3.05, 3.63) is 65.9 Å². The lowest BCUT2D eigenvalue weighted by Crippen LogP contribution is -2.48. The van der Waals surface area contributed by atoms with Crippen molar-refractivity contribution in [2.75, 3.05) is 13.2 Å². The summed E-state index contributed by atoms with van der Waals surface area (Å²) in [6, 6.07) is 15.5. The van der Waals surface area contributed by atoms with Gasteiger partial charge in [0, 0.05) is 17.8 Å². The number of H-pyrrole nitrogens is 1. The number of rotatable bonds is 7. The molecule has 7 heteroatoms. The van der Waals surface area contributed by atoms with Crippen LogP contribution in [0.25, 0.3) is 10.9 Å². The van der Waals surface area contributed by atoms with Crippen LogP contribution < -0.4 is 4.74 Å². The topological polar surface area (TPSA) is 94.7 Å². The first kappa shape index (κ1) is 21.1. The fourth-order valence-electron chi connectivity index (χ4n) is 3.46. The minimum absolute atomic E-state index is 0.0515. The summed E-state index contributed by atoms with van der Waals surface area (Å²) in [6.45, 7) is 4.66. The van der Waals surface area contributed by atoms with Crippen molar-refractivity contribution in [1.29, 1.82) is 0 Å². The summed E-state index contributed by atoms with van der Waals surface area (Å²) in [5, 5.41) is 0.552. The molecule has 0 saturated heterocycles. The lowest BCUT2D eigenvalue weighted by atomic mass is 9.76. The van der Waals surface area contributed by atoms with E-state index in [2.05, 4.69) is 4.98 Å². The predicted molar refractivity (Wildman–Crippen MR) is 110 cm³/mol. The number of benzene rings is 2. The van der Waals surface area contributed by atoms with Crippen LogP contribution in [0, 0.1) is 0 Å². The molecule has 7 nitrogen and oxygen atoms in total. The van der Waals surface area contributed by atoms with Gasteiger partial charge in [-0.3, -0.25) is 14.4 Å². The number of ether oxygens (including phenoxy) is 3. The van der Waals surface area contributed by atoms with Crippen LogP contribution in [0.15, 0.2) is 54.6 Å². The van der Waals surface area contributed by atoms with Gasteiger partial charge in [0.05, 0.1) is 18.9 Å². The number of para-hydroxylation sites is 1. The molecule has 0 aliphatic rings. The highest BCUT2D eigenvalue weighted by Gasteiger charge is 2.55. The smallest absolute Gasteiger partial charge is 0.334 e. The maximum absolute atomic E-state index is 13.4. The standard InChI is InChI=1S/C23H23NO6/c1-4-28-21(26)23(22(27)29-5-2,16-11-7-6-8-12-16)20-19(30-15(3)25)17-13-9-10-14-18(17)24-20/h6-14,24H,4-5H2,1-3H3. The Morgan fingerprint density at radius 3 is 2.00 bits per heavy atom. The third kappa shape index (κ3) is 3.54. The summed E-state index contributed by atoms with van der Waals surface area (Å²) >= 11 is 0. The van der Waals surface area contributed by atoms with Gasteiger partial charge in [0.1, 0.15) is 0 Å². The van der Waals surface area contributed by atoms with Gasteiger partial charge in [-0.25, -0.2) is 0 Å². The van der Waals surface area contributed by atoms with Crippen molar-refractivity contribution in [2.24, 2.45) is 0 Å². The summed E-state index contributed by atoms with van der Waals surface area (Å²) in [7, 11) is 0. The number of fused-ring (bicyclic) bond motifs is 1. The lowest BCUT2D eigenvalue weighted by molar-refractivity contribution is -0.162. The fraction of sp³-hybridized carbons (Fsp3) is 0.261. The van der Waals surface area contributed by atoms with Gasteiger partial charge in [0.2, 0.25) is 5.41 Å². The molecule has 30 heavy (non-hydrogen) atoms. The van der Waals surface area contributed by atoms with E-state index in [0.717, 1.165) is 0 Å². The first-order chi connectivity index (χ1) is 14.5.